The van der Waals surface area contributed by atoms with Crippen LogP contribution in [0.2, 0.25) is 0 Å². The number of aromatic hydroxyl groups is 1. The highest BCUT2D eigenvalue weighted by molar-refractivity contribution is 5.98. The predicted molar refractivity (Wildman–Crippen MR) is 256 cm³/mol. The number of carboxylic acid groups (broad SMARTS) is 2. The van der Waals surface area contributed by atoms with Gasteiger partial charge in [0, 0.05) is 12.8 Å². The van der Waals surface area contributed by atoms with Gasteiger partial charge >= 0.3 is 11.9 Å². The zero-order chi connectivity index (χ0) is 54.3. The first-order valence-corrected chi connectivity index (χ1v) is 23.5. The van der Waals surface area contributed by atoms with E-state index in [9.17, 15) is 73.5 Å². The van der Waals surface area contributed by atoms with Gasteiger partial charge in [-0.2, -0.15) is 0 Å². The van der Waals surface area contributed by atoms with E-state index < -0.39 is 151 Å². The maximum Gasteiger partial charge on any atom is 0.326 e. The zero-order valence-electron chi connectivity index (χ0n) is 41.7. The smallest absolute Gasteiger partial charge is 0.326 e. The van der Waals surface area contributed by atoms with Gasteiger partial charge in [-0.15, -0.1) is 0 Å². The number of carboxylic acids is 2. The number of benzene rings is 1. The Balaban J connectivity index is 3.40. The standard InChI is InChI=1S/C46H76N10O15/c1-22(2)19-29(48)39(63)49-25(7)38(62)50-31(16-17-34(60)61)41(65)56-37(26(8)58)45(69)53-33(21-57)43(67)52-32(20-27-12-14-28(59)15-13-27)42(66)54-35(23(3)4)44(68)51-30(11-9-10-18-47)40(64)55-36(24(5)6)46(70)71/h12-15,22-26,29-33,35-37,57-59H,9-11,16-21,47-48H2,1-8H3,(H,49,63)(H,50,62)(H,51,68)(H,52,67)(H,53,69)(H,54,66)(H,55,64)(H,56,65)(H,60,61)(H,70,71)/t25-,26+,29-,30-,31-,32-,33-,35-,36-,37-/m0/s1. The van der Waals surface area contributed by atoms with Gasteiger partial charge in [-0.25, -0.2) is 4.79 Å². The molecule has 400 valence electrons. The largest absolute Gasteiger partial charge is 0.508 e. The lowest BCUT2D eigenvalue weighted by atomic mass is 9.99. The van der Waals surface area contributed by atoms with Crippen molar-refractivity contribution < 1.29 is 73.5 Å². The van der Waals surface area contributed by atoms with Gasteiger partial charge in [0.1, 0.15) is 54.1 Å². The molecule has 0 aliphatic carbocycles. The van der Waals surface area contributed by atoms with Crippen molar-refractivity contribution in [1.29, 1.82) is 0 Å². The van der Waals surface area contributed by atoms with Gasteiger partial charge in [0.25, 0.3) is 0 Å². The van der Waals surface area contributed by atoms with Crippen LogP contribution in [0.4, 0.5) is 0 Å². The Labute approximate surface area is 413 Å². The number of aliphatic carboxylic acids is 2. The minimum Gasteiger partial charge on any atom is -0.508 e. The lowest BCUT2D eigenvalue weighted by Gasteiger charge is -2.29. The monoisotopic (exact) mass is 1010 g/mol. The fourth-order valence-electron chi connectivity index (χ4n) is 6.88. The fraction of sp³-hybridized carbons (Fsp3) is 0.652. The SMILES string of the molecule is CC(C)C[C@H](N)C(=O)N[C@@H](C)C(=O)N[C@@H](CCC(=O)O)C(=O)N[C@H](C(=O)N[C@@H](CO)C(=O)N[C@@H](Cc1ccc(O)cc1)C(=O)N[C@H](C(=O)N[C@@H](CCCCN)C(=O)N[C@H](C(=O)O)C(C)C)C(C)C)[C@@H](C)O. The number of unbranched alkanes of at least 4 members (excludes halogenated alkanes) is 1. The van der Waals surface area contributed by atoms with E-state index in [1.54, 1.807) is 27.7 Å². The summed E-state index contributed by atoms with van der Waals surface area (Å²) in [4.78, 5) is 131. The third-order valence-electron chi connectivity index (χ3n) is 11.0. The Morgan fingerprint density at radius 2 is 1.01 bits per heavy atom. The molecule has 25 nitrogen and oxygen atoms in total. The molecule has 0 radical (unpaired) electrons. The normalized spacial score (nSPS) is 15.5. The van der Waals surface area contributed by atoms with Crippen molar-refractivity contribution in [1.82, 2.24) is 42.5 Å². The number of carbonyl (C=O) groups excluding carboxylic acids is 8. The number of aliphatic hydroxyl groups is 2. The van der Waals surface area contributed by atoms with Crippen molar-refractivity contribution in [3.8, 4) is 5.75 Å². The Hall–Kier alpha value is -6.44. The third kappa shape index (κ3) is 22.5. The summed E-state index contributed by atoms with van der Waals surface area (Å²) in [5, 5.41) is 69.0. The maximum atomic E-state index is 14.1. The molecule has 8 amide bonds. The molecule has 1 rings (SSSR count). The lowest BCUT2D eigenvalue weighted by Crippen LogP contribution is -2.62. The average Bonchev–Trinajstić information content (AvgIpc) is 3.28. The van der Waals surface area contributed by atoms with Gasteiger partial charge in [0.15, 0.2) is 0 Å². The zero-order valence-corrected chi connectivity index (χ0v) is 41.7. The third-order valence-corrected chi connectivity index (χ3v) is 11.0. The lowest BCUT2D eigenvalue weighted by molar-refractivity contribution is -0.143. The van der Waals surface area contributed by atoms with Crippen LogP contribution in [0.15, 0.2) is 24.3 Å². The molecule has 0 saturated heterocycles. The number of carbonyl (C=O) groups is 10. The molecule has 1 aromatic rings. The van der Waals surface area contributed by atoms with E-state index in [1.807, 2.05) is 13.8 Å². The van der Waals surface area contributed by atoms with E-state index in [2.05, 4.69) is 42.5 Å². The molecule has 71 heavy (non-hydrogen) atoms. The van der Waals surface area contributed by atoms with Crippen LogP contribution >= 0.6 is 0 Å². The summed E-state index contributed by atoms with van der Waals surface area (Å²) in [6, 6.07) is -7.49. The van der Waals surface area contributed by atoms with Gasteiger partial charge in [-0.3, -0.25) is 43.2 Å². The van der Waals surface area contributed by atoms with Gasteiger partial charge < -0.3 is 79.5 Å². The summed E-state index contributed by atoms with van der Waals surface area (Å²) in [5.41, 5.74) is 11.9. The number of aliphatic hydroxyl groups excluding tert-OH is 2. The molecule has 17 N–H and O–H groups in total. The summed E-state index contributed by atoms with van der Waals surface area (Å²) in [7, 11) is 0. The van der Waals surface area contributed by atoms with Gasteiger partial charge in [-0.05, 0) is 87.9 Å². The van der Waals surface area contributed by atoms with Crippen LogP contribution in [0.3, 0.4) is 0 Å². The number of amides is 8. The van der Waals surface area contributed by atoms with E-state index in [1.165, 1.54) is 31.2 Å². The minimum absolute atomic E-state index is 0.0592. The Morgan fingerprint density at radius 1 is 0.549 bits per heavy atom. The summed E-state index contributed by atoms with van der Waals surface area (Å²) < 4.78 is 0. The van der Waals surface area contributed by atoms with Crippen molar-refractivity contribution >= 4 is 59.2 Å². The number of hydrogen-bond donors (Lipinski definition) is 15. The molecular formula is C46H76N10O15. The second-order valence-electron chi connectivity index (χ2n) is 18.5. The van der Waals surface area contributed by atoms with Crippen LogP contribution in [0.5, 0.6) is 5.75 Å². The molecule has 25 heteroatoms. The van der Waals surface area contributed by atoms with Crippen LogP contribution in [0.25, 0.3) is 0 Å². The second kappa shape index (κ2) is 31.0. The minimum atomic E-state index is -1.89. The van der Waals surface area contributed by atoms with Crippen LogP contribution in [-0.2, 0) is 54.4 Å². The van der Waals surface area contributed by atoms with Crippen molar-refractivity contribution in [2.45, 2.75) is 161 Å². The molecule has 0 fully saturated rings. The summed E-state index contributed by atoms with van der Waals surface area (Å²) >= 11 is 0. The summed E-state index contributed by atoms with van der Waals surface area (Å²) in [5.74, 6) is -11.5. The van der Waals surface area contributed by atoms with Gasteiger partial charge in [0.05, 0.1) is 18.8 Å². The highest BCUT2D eigenvalue weighted by atomic mass is 16.4. The topological polar surface area (TPSA) is 420 Å². The molecule has 0 heterocycles. The molecule has 0 bridgehead atoms. The maximum absolute atomic E-state index is 14.1. The number of nitrogens with two attached hydrogens (primary N) is 2. The fourth-order valence-corrected chi connectivity index (χ4v) is 6.88. The van der Waals surface area contributed by atoms with Crippen LogP contribution in [-0.4, -0.2) is 158 Å². The Morgan fingerprint density at radius 3 is 1.51 bits per heavy atom. The van der Waals surface area contributed by atoms with Gasteiger partial charge in [0.2, 0.25) is 47.3 Å². The van der Waals surface area contributed by atoms with Crippen molar-refractivity contribution in [3.63, 3.8) is 0 Å². The predicted octanol–water partition coefficient (Wildman–Crippen LogP) is -3.03. The number of hydrogen-bond acceptors (Lipinski definition) is 15. The second-order valence-corrected chi connectivity index (χ2v) is 18.5. The van der Waals surface area contributed by atoms with E-state index >= 15 is 0 Å². The van der Waals surface area contributed by atoms with Gasteiger partial charge in [-0.1, -0.05) is 53.7 Å². The van der Waals surface area contributed by atoms with E-state index in [-0.39, 0.29) is 31.1 Å². The number of rotatable bonds is 32. The van der Waals surface area contributed by atoms with Crippen LogP contribution in [0.1, 0.15) is 99.5 Å². The molecule has 0 unspecified atom stereocenters. The quantitative estimate of drug-likeness (QED) is 0.0319. The molecular weight excluding hydrogens is 933 g/mol. The molecule has 10 atom stereocenters. The highest BCUT2D eigenvalue weighted by Gasteiger charge is 2.37. The summed E-state index contributed by atoms with van der Waals surface area (Å²) in [6.45, 7) is 11.6. The van der Waals surface area contributed by atoms with Crippen molar-refractivity contribution in [3.05, 3.63) is 29.8 Å². The van der Waals surface area contributed by atoms with Crippen molar-refractivity contribution in [2.24, 2.45) is 29.2 Å². The number of phenols is 1. The summed E-state index contributed by atoms with van der Waals surface area (Å²) in [6.07, 6.45) is -1.90. The van der Waals surface area contributed by atoms with Crippen LogP contribution < -0.4 is 54.0 Å². The Kier molecular flexibility index (Phi) is 27.3. The molecule has 0 aliphatic rings. The Bertz CT molecular complexity index is 1970. The van der Waals surface area contributed by atoms with E-state index in [4.69, 9.17) is 11.5 Å². The van der Waals surface area contributed by atoms with Crippen molar-refractivity contribution in [2.75, 3.05) is 13.2 Å². The average molecular weight is 1010 g/mol. The van der Waals surface area contributed by atoms with Crippen LogP contribution in [0, 0.1) is 17.8 Å². The molecule has 1 aromatic carbocycles. The first kappa shape index (κ1) is 62.6. The molecule has 0 spiro atoms. The molecule has 0 saturated carbocycles. The van der Waals surface area contributed by atoms with E-state index in [0.717, 1.165) is 6.92 Å². The first-order valence-electron chi connectivity index (χ1n) is 23.5. The van der Waals surface area contributed by atoms with E-state index in [0.29, 0.717) is 24.8 Å². The number of phenolic OH excluding ortho intramolecular Hbond substituents is 1. The highest BCUT2D eigenvalue weighted by Crippen LogP contribution is 2.14. The molecule has 0 aliphatic heterocycles. The molecule has 0 aromatic heterocycles. The number of nitrogens with one attached hydrogen (secondary N) is 8. The first-order chi connectivity index (χ1) is 33.1.